The van der Waals surface area contributed by atoms with Crippen molar-refractivity contribution in [1.82, 2.24) is 38.7 Å². The zero-order valence-corrected chi connectivity index (χ0v) is 54.2. The summed E-state index contributed by atoms with van der Waals surface area (Å²) in [5.74, 6) is -113. The third-order valence-electron chi connectivity index (χ3n) is 19.1. The van der Waals surface area contributed by atoms with Crippen LogP contribution >= 0.6 is 0 Å². The van der Waals surface area contributed by atoms with Gasteiger partial charge in [-0.3, -0.25) is 0 Å². The van der Waals surface area contributed by atoms with E-state index in [4.69, 9.17) is 8.83 Å². The van der Waals surface area contributed by atoms with Gasteiger partial charge in [0.15, 0.2) is 0 Å². The van der Waals surface area contributed by atoms with Crippen molar-refractivity contribution < 1.29 is 141 Å². The molecular formula is C72H32F30N8O2. The van der Waals surface area contributed by atoms with Gasteiger partial charge in [0, 0.05) is 43.1 Å². The van der Waals surface area contributed by atoms with Gasteiger partial charge < -0.3 is 27.1 Å². The molecule has 0 saturated carbocycles. The van der Waals surface area contributed by atoms with Gasteiger partial charge in [-0.25, -0.2) is 0 Å². The fraction of sp³-hybridized carbons (Fsp3) is 0.194. The van der Waals surface area contributed by atoms with Crippen LogP contribution in [0.1, 0.15) is 11.8 Å². The molecule has 9 aromatic carbocycles. The Kier molecular flexibility index (Phi) is 16.2. The van der Waals surface area contributed by atoms with Gasteiger partial charge in [0.2, 0.25) is 0 Å². The number of nitrogens with zero attached hydrogens (tertiary/aromatic N) is 8. The van der Waals surface area contributed by atoms with Crippen molar-refractivity contribution in [3.63, 3.8) is 0 Å². The van der Waals surface area contributed by atoms with Crippen molar-refractivity contribution in [2.24, 2.45) is 0 Å². The van der Waals surface area contributed by atoms with E-state index < -0.39 is 141 Å². The van der Waals surface area contributed by atoms with Crippen LogP contribution in [0.2, 0.25) is 0 Å². The Morgan fingerprint density at radius 3 is 0.589 bits per heavy atom. The lowest BCUT2D eigenvalue weighted by molar-refractivity contribution is -0.454. The molecular weight excluding hydrogens is 1580 g/mol. The second-order valence-corrected chi connectivity index (χ2v) is 25.3. The number of benzene rings is 9. The summed E-state index contributed by atoms with van der Waals surface area (Å²) in [6, 6.07) is 43.2. The molecule has 0 aliphatic rings. The second-order valence-electron chi connectivity index (χ2n) is 25.3. The third-order valence-corrected chi connectivity index (χ3v) is 19.1. The van der Waals surface area contributed by atoms with E-state index in [0.29, 0.717) is 0 Å². The van der Waals surface area contributed by atoms with Crippen LogP contribution < -0.4 is 0 Å². The highest BCUT2D eigenvalue weighted by atomic mass is 19.4. The molecule has 6 aromatic heterocycles. The predicted molar refractivity (Wildman–Crippen MR) is 340 cm³/mol. The minimum atomic E-state index is -8.93. The SMILES string of the molecule is FC(F)(F)C(F)(F)C(F)(F)C(F)(F)C(F)(F)C(F)(F)C(F)(F)c1nnc(-c2c(-n3c4ccccc4c4ccccc43)c(-c3nnc(C(F)(F)C(F)(F)C(F)(F)C(F)(F)C(F)(F)C(F)(F)C(F)(F)F)o3)c(-n3c4ccccc4c4ccccc43)c(-n3c4ccccc4c4ccccc43)c2-n2c3ccccc3c3ccccc32)o1. The fourth-order valence-corrected chi connectivity index (χ4v) is 13.7. The molecule has 0 spiro atoms. The van der Waals surface area contributed by atoms with Gasteiger partial charge in [-0.2, -0.15) is 132 Å². The topological polar surface area (TPSA) is 97.6 Å². The van der Waals surface area contributed by atoms with Crippen LogP contribution in [-0.4, -0.2) is 110 Å². The lowest BCUT2D eigenvalue weighted by Gasteiger charge is -2.40. The van der Waals surface area contributed by atoms with Gasteiger partial charge >= 0.3 is 83.4 Å². The molecule has 6 heterocycles. The van der Waals surface area contributed by atoms with E-state index in [0.717, 1.165) is 25.8 Å². The van der Waals surface area contributed by atoms with Gasteiger partial charge in [-0.1, -0.05) is 146 Å². The maximum Gasteiger partial charge on any atom is 0.460 e. The first-order valence-corrected chi connectivity index (χ1v) is 31.6. The van der Waals surface area contributed by atoms with Crippen LogP contribution in [0.4, 0.5) is 132 Å². The van der Waals surface area contributed by atoms with Gasteiger partial charge in [-0.15, -0.1) is 20.4 Å². The van der Waals surface area contributed by atoms with Gasteiger partial charge in [0.05, 0.1) is 78.0 Å². The minimum absolute atomic E-state index is 0.0415. The molecule has 112 heavy (non-hydrogen) atoms. The van der Waals surface area contributed by atoms with Crippen molar-refractivity contribution in [1.29, 1.82) is 0 Å². The highest BCUT2D eigenvalue weighted by Crippen LogP contribution is 2.67. The Balaban J connectivity index is 1.20. The van der Waals surface area contributed by atoms with E-state index in [2.05, 4.69) is 20.4 Å². The molecule has 10 nitrogen and oxygen atoms in total. The third kappa shape index (κ3) is 9.68. The number of alkyl halides is 30. The molecule has 0 saturated heterocycles. The van der Waals surface area contributed by atoms with E-state index in [1.165, 1.54) is 187 Å². The molecule has 0 aliphatic carbocycles. The van der Waals surface area contributed by atoms with Crippen molar-refractivity contribution >= 4 is 87.2 Å². The lowest BCUT2D eigenvalue weighted by Crippen LogP contribution is -2.72. The monoisotopic (exact) mass is 1610 g/mol. The van der Waals surface area contributed by atoms with E-state index in [1.807, 2.05) is 0 Å². The molecule has 0 atom stereocenters. The molecule has 0 N–H and O–H groups in total. The lowest BCUT2D eigenvalue weighted by atomic mass is 9.91. The minimum Gasteiger partial charge on any atom is -0.414 e. The predicted octanol–water partition coefficient (Wildman–Crippen LogP) is 23.8. The van der Waals surface area contributed by atoms with Gasteiger partial charge in [0.25, 0.3) is 23.6 Å². The van der Waals surface area contributed by atoms with Crippen molar-refractivity contribution in [2.45, 2.75) is 83.4 Å². The average molecular weight is 1610 g/mol. The van der Waals surface area contributed by atoms with Gasteiger partial charge in [-0.05, 0) is 48.5 Å². The zero-order chi connectivity index (χ0) is 81.2. The standard InChI is InChI=1S/C72H32F30N8O2/c73-59(74,61(77,78)63(81,82)65(85,86)67(89,90)69(93,94)71(97,98)99)57-105-103-55(111-57)49-51(107-41-25-9-1-17-33(41)34-18-2-10-26-42(34)107)50(56-104-106-58(112-56)60(75,76)62(79,80)64(83,84)66(87,88)68(91,92)70(95,96)72(100,101)102)53(109-45-29-13-5-21-37(45)38-22-6-14-30-46(38)109)54(110-47-31-15-7-23-39(47)40-24-8-16-32-48(40)110)52(49)108-43-27-11-3-19-35(43)36-20-4-12-28-44(36)108/h1-32H. The Morgan fingerprint density at radius 1 is 0.196 bits per heavy atom. The molecule has 0 fully saturated rings. The van der Waals surface area contributed by atoms with E-state index in [9.17, 15) is 61.5 Å². The number of hydrogen-bond acceptors (Lipinski definition) is 6. The molecule has 15 rings (SSSR count). The smallest absolute Gasteiger partial charge is 0.414 e. The molecule has 0 aliphatic heterocycles. The summed E-state index contributed by atoms with van der Waals surface area (Å²) >= 11 is 0. The first-order valence-electron chi connectivity index (χ1n) is 31.6. The number of hydrogen-bond donors (Lipinski definition) is 0. The summed E-state index contributed by atoms with van der Waals surface area (Å²) in [7, 11) is 0. The Labute approximate surface area is 599 Å². The summed E-state index contributed by atoms with van der Waals surface area (Å²) in [6.45, 7) is 0. The summed E-state index contributed by atoms with van der Waals surface area (Å²) in [5, 5.41) is 13.2. The molecule has 0 unspecified atom stereocenters. The summed E-state index contributed by atoms with van der Waals surface area (Å²) in [6.07, 6.45) is -16.1. The molecule has 40 heteroatoms. The van der Waals surface area contributed by atoms with Crippen LogP contribution in [0, 0.1) is 0 Å². The first-order chi connectivity index (χ1) is 52.0. The molecule has 0 amide bonds. The zero-order valence-electron chi connectivity index (χ0n) is 54.2. The Morgan fingerprint density at radius 2 is 0.375 bits per heavy atom. The van der Waals surface area contributed by atoms with E-state index >= 15 is 70.2 Å². The first kappa shape index (κ1) is 75.8. The molecule has 0 radical (unpaired) electrons. The summed E-state index contributed by atoms with van der Waals surface area (Å²) in [5.41, 5.74) is -7.97. The van der Waals surface area contributed by atoms with E-state index in [-0.39, 0.29) is 87.2 Å². The Bertz CT molecular complexity index is 5860. The van der Waals surface area contributed by atoms with Crippen LogP contribution in [0.25, 0.3) is 133 Å². The average Bonchev–Trinajstić information content (AvgIpc) is 1.53. The molecule has 0 bridgehead atoms. The number of aromatic nitrogens is 8. The number of rotatable bonds is 18. The van der Waals surface area contributed by atoms with Crippen molar-refractivity contribution in [3.05, 3.63) is 206 Å². The second kappa shape index (κ2) is 23.9. The quantitative estimate of drug-likeness (QED) is 0.0794. The van der Waals surface area contributed by atoms with Crippen LogP contribution in [-0.2, 0) is 11.8 Å². The van der Waals surface area contributed by atoms with Crippen LogP contribution in [0.15, 0.2) is 203 Å². The normalized spacial score (nSPS) is 14.3. The summed E-state index contributed by atoms with van der Waals surface area (Å²) < 4.78 is 473. The van der Waals surface area contributed by atoms with Crippen molar-refractivity contribution in [3.8, 4) is 45.7 Å². The van der Waals surface area contributed by atoms with Crippen LogP contribution in [0.3, 0.4) is 0 Å². The van der Waals surface area contributed by atoms with E-state index in [1.54, 1.807) is 0 Å². The maximum absolute atomic E-state index is 17.2. The van der Waals surface area contributed by atoms with Crippen molar-refractivity contribution in [2.75, 3.05) is 0 Å². The number of halogens is 30. The highest BCUT2D eigenvalue weighted by molar-refractivity contribution is 6.18. The van der Waals surface area contributed by atoms with Crippen LogP contribution in [0.5, 0.6) is 0 Å². The number of para-hydroxylation sites is 8. The molecule has 582 valence electrons. The molecule has 15 aromatic rings. The Hall–Kier alpha value is -11.6. The summed E-state index contributed by atoms with van der Waals surface area (Å²) in [4.78, 5) is 0. The fourth-order valence-electron chi connectivity index (χ4n) is 13.7. The highest BCUT2D eigenvalue weighted by Gasteiger charge is 2.96. The maximum atomic E-state index is 17.2. The van der Waals surface area contributed by atoms with Gasteiger partial charge in [0.1, 0.15) is 0 Å². The largest absolute Gasteiger partial charge is 0.460 e. The number of fused-ring (bicyclic) bond motifs is 12.